The maximum absolute atomic E-state index is 12.7. The van der Waals surface area contributed by atoms with E-state index in [2.05, 4.69) is 5.32 Å². The van der Waals surface area contributed by atoms with Gasteiger partial charge in [0.1, 0.15) is 11.5 Å². The highest BCUT2D eigenvalue weighted by Gasteiger charge is 2.36. The summed E-state index contributed by atoms with van der Waals surface area (Å²) in [5.74, 6) is -1.01. The van der Waals surface area contributed by atoms with E-state index in [0.29, 0.717) is 17.9 Å². The van der Waals surface area contributed by atoms with Crippen LogP contribution in [0.1, 0.15) is 6.42 Å². The van der Waals surface area contributed by atoms with E-state index < -0.39 is 27.7 Å². The predicted molar refractivity (Wildman–Crippen MR) is 98.8 cm³/mol. The molecule has 0 radical (unpaired) electrons. The van der Waals surface area contributed by atoms with Gasteiger partial charge in [-0.3, -0.25) is 9.59 Å². The molecule has 1 aromatic rings. The molecule has 1 aromatic carbocycles. The number of hydrogen-bond acceptors (Lipinski definition) is 7. The van der Waals surface area contributed by atoms with E-state index in [-0.39, 0.29) is 30.3 Å². The summed E-state index contributed by atoms with van der Waals surface area (Å²) in [6.07, 6.45) is 0.299. The van der Waals surface area contributed by atoms with E-state index in [9.17, 15) is 18.0 Å². The normalized spacial score (nSPS) is 18.0. The van der Waals surface area contributed by atoms with Gasteiger partial charge < -0.3 is 24.4 Å². The Hall–Kier alpha value is -2.33. The number of ether oxygens (including phenoxy) is 3. The van der Waals surface area contributed by atoms with Crippen LogP contribution in [0.2, 0.25) is 0 Å². The second-order valence-electron chi connectivity index (χ2n) is 6.07. The number of anilines is 1. The highest BCUT2D eigenvalue weighted by Crippen LogP contribution is 2.29. The molecule has 1 atom stereocenters. The monoisotopic (exact) mass is 400 g/mol. The SMILES string of the molecule is COCCN(C(=O)C(=O)Nc1cc(OC)ccc1OC)C1CCS(=O)(=O)C1. The molecule has 27 heavy (non-hydrogen) atoms. The maximum atomic E-state index is 12.7. The smallest absolute Gasteiger partial charge is 0.314 e. The second-order valence-corrected chi connectivity index (χ2v) is 8.30. The number of sulfone groups is 1. The molecule has 0 aromatic heterocycles. The number of nitrogens with one attached hydrogen (secondary N) is 1. The molecule has 10 heteroatoms. The Morgan fingerprint density at radius 2 is 1.96 bits per heavy atom. The maximum Gasteiger partial charge on any atom is 0.314 e. The van der Waals surface area contributed by atoms with Crippen LogP contribution in [0.3, 0.4) is 0 Å². The molecule has 1 heterocycles. The van der Waals surface area contributed by atoms with Crippen LogP contribution in [-0.4, -0.2) is 77.2 Å². The lowest BCUT2D eigenvalue weighted by Gasteiger charge is -2.27. The summed E-state index contributed by atoms with van der Waals surface area (Å²) in [4.78, 5) is 26.5. The van der Waals surface area contributed by atoms with E-state index in [1.165, 1.54) is 32.3 Å². The summed E-state index contributed by atoms with van der Waals surface area (Å²) in [6.45, 7) is 0.316. The van der Waals surface area contributed by atoms with E-state index in [1.807, 2.05) is 0 Å². The Labute approximate surface area is 158 Å². The minimum Gasteiger partial charge on any atom is -0.497 e. The number of benzene rings is 1. The largest absolute Gasteiger partial charge is 0.497 e. The number of methoxy groups -OCH3 is 3. The summed E-state index contributed by atoms with van der Waals surface area (Å²) < 4.78 is 38.8. The molecule has 1 N–H and O–H groups in total. The number of carbonyl (C=O) groups excluding carboxylic acids is 2. The summed E-state index contributed by atoms with van der Waals surface area (Å²) in [7, 11) is 1.18. The third kappa shape index (κ3) is 5.33. The molecule has 2 rings (SSSR count). The fourth-order valence-corrected chi connectivity index (χ4v) is 4.61. The van der Waals surface area contributed by atoms with Crippen molar-refractivity contribution in [2.24, 2.45) is 0 Å². The molecule has 1 aliphatic heterocycles. The highest BCUT2D eigenvalue weighted by atomic mass is 32.2. The fraction of sp³-hybridized carbons (Fsp3) is 0.529. The third-order valence-electron chi connectivity index (χ3n) is 4.30. The van der Waals surface area contributed by atoms with Crippen LogP contribution in [0.15, 0.2) is 18.2 Å². The number of rotatable bonds is 7. The summed E-state index contributed by atoms with van der Waals surface area (Å²) in [5.41, 5.74) is 0.279. The van der Waals surface area contributed by atoms with Crippen molar-refractivity contribution in [2.75, 3.05) is 51.3 Å². The second kappa shape index (κ2) is 9.05. The van der Waals surface area contributed by atoms with Gasteiger partial charge in [0.05, 0.1) is 38.0 Å². The molecule has 0 aliphatic carbocycles. The Bertz CT molecular complexity index is 794. The van der Waals surface area contributed by atoms with Crippen LogP contribution in [0.25, 0.3) is 0 Å². The minimum absolute atomic E-state index is 0.000243. The molecule has 2 amide bonds. The lowest BCUT2D eigenvalue weighted by atomic mass is 10.2. The van der Waals surface area contributed by atoms with Crippen LogP contribution in [0, 0.1) is 0 Å². The van der Waals surface area contributed by atoms with E-state index >= 15 is 0 Å². The van der Waals surface area contributed by atoms with Gasteiger partial charge in [-0.25, -0.2) is 8.42 Å². The van der Waals surface area contributed by atoms with Crippen molar-refractivity contribution in [2.45, 2.75) is 12.5 Å². The number of hydrogen-bond donors (Lipinski definition) is 1. The van der Waals surface area contributed by atoms with Gasteiger partial charge in [0.15, 0.2) is 9.84 Å². The van der Waals surface area contributed by atoms with Crippen molar-refractivity contribution in [3.63, 3.8) is 0 Å². The molecular formula is C17H24N2O7S. The molecule has 9 nitrogen and oxygen atoms in total. The van der Waals surface area contributed by atoms with Gasteiger partial charge >= 0.3 is 11.8 Å². The van der Waals surface area contributed by atoms with E-state index in [4.69, 9.17) is 14.2 Å². The molecule has 1 fully saturated rings. The van der Waals surface area contributed by atoms with Crippen molar-refractivity contribution >= 4 is 27.3 Å². The standard InChI is InChI=1S/C17H24N2O7S/c1-24-8-7-19(12-6-9-27(22,23)11-12)17(21)16(20)18-14-10-13(25-2)4-5-15(14)26-3/h4-5,10,12H,6-9,11H2,1-3H3,(H,18,20). The molecule has 0 saturated carbocycles. The molecule has 1 aliphatic rings. The fourth-order valence-electron chi connectivity index (χ4n) is 2.88. The first-order valence-corrected chi connectivity index (χ1v) is 10.2. The van der Waals surface area contributed by atoms with Crippen LogP contribution in [0.4, 0.5) is 5.69 Å². The summed E-state index contributed by atoms with van der Waals surface area (Å²) in [6, 6.07) is 4.25. The van der Waals surface area contributed by atoms with Gasteiger partial charge in [0.25, 0.3) is 0 Å². The van der Waals surface area contributed by atoms with Crippen molar-refractivity contribution in [3.05, 3.63) is 18.2 Å². The lowest BCUT2D eigenvalue weighted by Crippen LogP contribution is -2.48. The average molecular weight is 400 g/mol. The highest BCUT2D eigenvalue weighted by molar-refractivity contribution is 7.91. The van der Waals surface area contributed by atoms with Gasteiger partial charge in [-0.2, -0.15) is 0 Å². The van der Waals surface area contributed by atoms with Crippen molar-refractivity contribution in [3.8, 4) is 11.5 Å². The zero-order valence-electron chi connectivity index (χ0n) is 15.6. The Morgan fingerprint density at radius 1 is 1.22 bits per heavy atom. The summed E-state index contributed by atoms with van der Waals surface area (Å²) >= 11 is 0. The Balaban J connectivity index is 2.18. The zero-order valence-corrected chi connectivity index (χ0v) is 16.4. The Kier molecular flexibility index (Phi) is 7.03. The molecule has 1 saturated heterocycles. The molecular weight excluding hydrogens is 376 g/mol. The molecule has 0 spiro atoms. The number of nitrogens with zero attached hydrogens (tertiary/aromatic N) is 1. The first-order valence-electron chi connectivity index (χ1n) is 8.34. The van der Waals surface area contributed by atoms with E-state index in [1.54, 1.807) is 12.1 Å². The van der Waals surface area contributed by atoms with Crippen molar-refractivity contribution < 1.29 is 32.2 Å². The molecule has 1 unspecified atom stereocenters. The summed E-state index contributed by atoms with van der Waals surface area (Å²) in [5, 5.41) is 2.51. The first kappa shape index (κ1) is 21.0. The van der Waals surface area contributed by atoms with Crippen molar-refractivity contribution in [1.82, 2.24) is 4.90 Å². The van der Waals surface area contributed by atoms with E-state index in [0.717, 1.165) is 0 Å². The lowest BCUT2D eigenvalue weighted by molar-refractivity contribution is -0.145. The van der Waals surface area contributed by atoms with Crippen LogP contribution in [0.5, 0.6) is 11.5 Å². The molecule has 150 valence electrons. The topological polar surface area (TPSA) is 111 Å². The minimum atomic E-state index is -3.21. The zero-order chi connectivity index (χ0) is 20.0. The van der Waals surface area contributed by atoms with Gasteiger partial charge in [0.2, 0.25) is 0 Å². The van der Waals surface area contributed by atoms with Gasteiger partial charge in [-0.15, -0.1) is 0 Å². The van der Waals surface area contributed by atoms with Crippen LogP contribution in [-0.2, 0) is 24.2 Å². The molecule has 0 bridgehead atoms. The van der Waals surface area contributed by atoms with Gasteiger partial charge in [-0.1, -0.05) is 0 Å². The number of carbonyl (C=O) groups is 2. The predicted octanol–water partition coefficient (Wildman–Crippen LogP) is 0.304. The first-order chi connectivity index (χ1) is 12.8. The number of amides is 2. The quantitative estimate of drug-likeness (QED) is 0.656. The van der Waals surface area contributed by atoms with Gasteiger partial charge in [-0.05, 0) is 18.6 Å². The van der Waals surface area contributed by atoms with Gasteiger partial charge in [0, 0.05) is 25.8 Å². The van der Waals surface area contributed by atoms with Crippen molar-refractivity contribution in [1.29, 1.82) is 0 Å². The van der Waals surface area contributed by atoms with Crippen LogP contribution >= 0.6 is 0 Å². The Morgan fingerprint density at radius 3 is 2.52 bits per heavy atom. The third-order valence-corrected chi connectivity index (χ3v) is 6.05. The average Bonchev–Trinajstić information content (AvgIpc) is 3.01. The van der Waals surface area contributed by atoms with Crippen LogP contribution < -0.4 is 14.8 Å².